The van der Waals surface area contributed by atoms with Crippen LogP contribution in [0.15, 0.2) is 65.6 Å². The number of ether oxygens (including phenoxy) is 1. The van der Waals surface area contributed by atoms with Crippen molar-refractivity contribution < 1.29 is 17.9 Å². The molecule has 1 aliphatic heterocycles. The summed E-state index contributed by atoms with van der Waals surface area (Å²) in [6, 6.07) is 18.0. The van der Waals surface area contributed by atoms with Crippen LogP contribution in [0.2, 0.25) is 5.02 Å². The van der Waals surface area contributed by atoms with Crippen LogP contribution >= 0.6 is 11.6 Å². The molecule has 7 nitrogen and oxygen atoms in total. The van der Waals surface area contributed by atoms with Gasteiger partial charge in [0.25, 0.3) is 5.91 Å². The van der Waals surface area contributed by atoms with Gasteiger partial charge < -0.3 is 15.0 Å². The van der Waals surface area contributed by atoms with Crippen LogP contribution in [0.3, 0.4) is 0 Å². The summed E-state index contributed by atoms with van der Waals surface area (Å²) in [5.41, 5.74) is 0.123. The average Bonchev–Trinajstić information content (AvgIpc) is 2.82. The number of hydrogen-bond donors (Lipinski definition) is 1. The Bertz CT molecular complexity index is 1260. The molecular weight excluding hydrogens is 462 g/mol. The molecule has 1 aliphatic rings. The highest BCUT2D eigenvalue weighted by Crippen LogP contribution is 2.24. The van der Waals surface area contributed by atoms with Crippen LogP contribution in [0.25, 0.3) is 10.8 Å². The minimum absolute atomic E-state index is 0.0639. The second kappa shape index (κ2) is 10.1. The molecule has 1 saturated heterocycles. The summed E-state index contributed by atoms with van der Waals surface area (Å²) >= 11 is 6.20. The van der Waals surface area contributed by atoms with Crippen molar-refractivity contribution >= 4 is 38.3 Å². The smallest absolute Gasteiger partial charge is 0.252 e. The van der Waals surface area contributed by atoms with Gasteiger partial charge in [0.05, 0.1) is 22.0 Å². The Labute approximate surface area is 198 Å². The number of nitrogens with one attached hydrogen (secondary N) is 1. The van der Waals surface area contributed by atoms with Crippen molar-refractivity contribution in [3.63, 3.8) is 0 Å². The van der Waals surface area contributed by atoms with Gasteiger partial charge in [-0.25, -0.2) is 8.42 Å². The molecule has 0 aromatic heterocycles. The Morgan fingerprint density at radius 3 is 2.48 bits per heavy atom. The van der Waals surface area contributed by atoms with Crippen LogP contribution in [-0.2, 0) is 10.0 Å². The van der Waals surface area contributed by atoms with Crippen molar-refractivity contribution in [1.29, 1.82) is 0 Å². The van der Waals surface area contributed by atoms with Gasteiger partial charge in [-0.2, -0.15) is 4.31 Å². The second-order valence-corrected chi connectivity index (χ2v) is 10.3. The first-order valence-electron chi connectivity index (χ1n) is 10.7. The molecule has 0 aliphatic carbocycles. The van der Waals surface area contributed by atoms with E-state index in [1.165, 1.54) is 22.5 Å². The van der Waals surface area contributed by atoms with Gasteiger partial charge in [-0.3, -0.25) is 4.79 Å². The van der Waals surface area contributed by atoms with Gasteiger partial charge in [0.1, 0.15) is 12.4 Å². The summed E-state index contributed by atoms with van der Waals surface area (Å²) in [5, 5.41) is 5.14. The lowest BCUT2D eigenvalue weighted by molar-refractivity contribution is 0.0947. The Balaban J connectivity index is 1.37. The van der Waals surface area contributed by atoms with Crippen LogP contribution in [0.4, 0.5) is 0 Å². The second-order valence-electron chi connectivity index (χ2n) is 7.96. The molecule has 3 aromatic rings. The normalized spacial score (nSPS) is 15.5. The molecule has 1 fully saturated rings. The van der Waals surface area contributed by atoms with Crippen LogP contribution < -0.4 is 10.1 Å². The van der Waals surface area contributed by atoms with E-state index in [4.69, 9.17) is 16.3 Å². The van der Waals surface area contributed by atoms with Crippen molar-refractivity contribution in [3.05, 3.63) is 71.2 Å². The molecule has 0 saturated carbocycles. The number of sulfonamides is 1. The predicted molar refractivity (Wildman–Crippen MR) is 129 cm³/mol. The molecule has 4 rings (SSSR count). The number of nitrogens with zero attached hydrogens (tertiary/aromatic N) is 2. The molecule has 174 valence electrons. The molecule has 9 heteroatoms. The molecule has 0 radical (unpaired) electrons. The molecule has 3 aromatic carbocycles. The van der Waals surface area contributed by atoms with Gasteiger partial charge in [-0.1, -0.05) is 41.9 Å². The van der Waals surface area contributed by atoms with E-state index in [2.05, 4.69) is 10.2 Å². The minimum atomic E-state index is -3.69. The standard InChI is InChI=1S/C24H26ClN3O4S/c1-27-11-13-28(14-12-27)33(30,31)21-8-9-23(25)22(17-21)24(29)26-10-15-32-20-7-6-18-4-2-3-5-19(18)16-20/h2-9,16-17H,10-15H2,1H3,(H,26,29). The van der Waals surface area contributed by atoms with Crippen molar-refractivity contribution in [3.8, 4) is 5.75 Å². The van der Waals surface area contributed by atoms with Crippen molar-refractivity contribution in [2.75, 3.05) is 46.4 Å². The largest absolute Gasteiger partial charge is 0.492 e. The van der Waals surface area contributed by atoms with Gasteiger partial charge in [-0.15, -0.1) is 0 Å². The maximum absolute atomic E-state index is 13.0. The zero-order valence-electron chi connectivity index (χ0n) is 18.3. The van der Waals surface area contributed by atoms with E-state index >= 15 is 0 Å². The first-order chi connectivity index (χ1) is 15.8. The molecule has 0 spiro atoms. The third-order valence-electron chi connectivity index (χ3n) is 5.66. The number of carbonyl (C=O) groups excluding carboxylic acids is 1. The number of amides is 1. The van der Waals surface area contributed by atoms with Crippen LogP contribution in [0.5, 0.6) is 5.75 Å². The lowest BCUT2D eigenvalue weighted by Crippen LogP contribution is -2.47. The van der Waals surface area contributed by atoms with E-state index in [9.17, 15) is 13.2 Å². The van der Waals surface area contributed by atoms with Crippen molar-refractivity contribution in [2.24, 2.45) is 0 Å². The fourth-order valence-electron chi connectivity index (χ4n) is 3.70. The molecule has 1 heterocycles. The van der Waals surface area contributed by atoms with Gasteiger partial charge in [0.2, 0.25) is 10.0 Å². The van der Waals surface area contributed by atoms with Crippen LogP contribution in [-0.4, -0.2) is 69.9 Å². The Morgan fingerprint density at radius 2 is 1.73 bits per heavy atom. The highest BCUT2D eigenvalue weighted by atomic mass is 35.5. The Kier molecular flexibility index (Phi) is 7.19. The number of hydrogen-bond acceptors (Lipinski definition) is 5. The third kappa shape index (κ3) is 5.47. The third-order valence-corrected chi connectivity index (χ3v) is 7.88. The predicted octanol–water partition coefficient (Wildman–Crippen LogP) is 3.24. The highest BCUT2D eigenvalue weighted by Gasteiger charge is 2.28. The molecule has 0 atom stereocenters. The summed E-state index contributed by atoms with van der Waals surface area (Å²) in [6.07, 6.45) is 0. The SMILES string of the molecule is CN1CCN(S(=O)(=O)c2ccc(Cl)c(C(=O)NCCOc3ccc4ccccc4c3)c2)CC1. The van der Waals surface area contributed by atoms with E-state index in [0.29, 0.717) is 31.9 Å². The fraction of sp³-hybridized carbons (Fsp3) is 0.292. The van der Waals surface area contributed by atoms with Gasteiger partial charge in [0.15, 0.2) is 0 Å². The highest BCUT2D eigenvalue weighted by molar-refractivity contribution is 7.89. The maximum atomic E-state index is 13.0. The van der Waals surface area contributed by atoms with Gasteiger partial charge in [0, 0.05) is 26.2 Å². The summed E-state index contributed by atoms with van der Waals surface area (Å²) < 4.78 is 33.2. The molecule has 33 heavy (non-hydrogen) atoms. The van der Waals surface area contributed by atoms with Crippen LogP contribution in [0, 0.1) is 0 Å². The average molecular weight is 488 g/mol. The topological polar surface area (TPSA) is 79.0 Å². The van der Waals surface area contributed by atoms with Gasteiger partial charge >= 0.3 is 0 Å². The maximum Gasteiger partial charge on any atom is 0.252 e. The number of fused-ring (bicyclic) bond motifs is 1. The summed E-state index contributed by atoms with van der Waals surface area (Å²) in [4.78, 5) is 14.8. The zero-order chi connectivity index (χ0) is 23.4. The lowest BCUT2D eigenvalue weighted by atomic mass is 10.1. The fourth-order valence-corrected chi connectivity index (χ4v) is 5.35. The lowest BCUT2D eigenvalue weighted by Gasteiger charge is -2.31. The monoisotopic (exact) mass is 487 g/mol. The molecule has 0 unspecified atom stereocenters. The Hall–Kier alpha value is -2.65. The van der Waals surface area contributed by atoms with Crippen molar-refractivity contribution in [1.82, 2.24) is 14.5 Å². The first kappa shape index (κ1) is 23.5. The van der Waals surface area contributed by atoms with Gasteiger partial charge in [-0.05, 0) is 48.2 Å². The quantitative estimate of drug-likeness (QED) is 0.518. The zero-order valence-corrected chi connectivity index (χ0v) is 19.9. The minimum Gasteiger partial charge on any atom is -0.492 e. The van der Waals surface area contributed by atoms with E-state index in [1.807, 2.05) is 49.5 Å². The molecule has 0 bridgehead atoms. The Morgan fingerprint density at radius 1 is 1.00 bits per heavy atom. The summed E-state index contributed by atoms with van der Waals surface area (Å²) in [7, 11) is -1.74. The van der Waals surface area contributed by atoms with Crippen LogP contribution in [0.1, 0.15) is 10.4 Å². The number of halogens is 1. The first-order valence-corrected chi connectivity index (χ1v) is 12.5. The number of carbonyl (C=O) groups is 1. The van der Waals surface area contributed by atoms with E-state index in [1.54, 1.807) is 0 Å². The van der Waals surface area contributed by atoms with E-state index < -0.39 is 15.9 Å². The number of rotatable bonds is 7. The number of benzene rings is 3. The number of likely N-dealkylation sites (N-methyl/N-ethyl adjacent to an activating group) is 1. The van der Waals surface area contributed by atoms with E-state index in [-0.39, 0.29) is 28.6 Å². The van der Waals surface area contributed by atoms with E-state index in [0.717, 1.165) is 10.8 Å². The summed E-state index contributed by atoms with van der Waals surface area (Å²) in [5.74, 6) is 0.263. The summed E-state index contributed by atoms with van der Waals surface area (Å²) in [6.45, 7) is 2.66. The molecule has 1 N–H and O–H groups in total. The molecule has 1 amide bonds. The van der Waals surface area contributed by atoms with Crippen molar-refractivity contribution in [2.45, 2.75) is 4.90 Å². The molecular formula is C24H26ClN3O4S. The number of piperazine rings is 1.